The molecule has 0 aliphatic heterocycles. The Hall–Kier alpha value is -3.48. The molecule has 0 aliphatic carbocycles. The topological polar surface area (TPSA) is 78.7 Å². The van der Waals surface area contributed by atoms with Gasteiger partial charge in [0.15, 0.2) is 11.3 Å². The lowest BCUT2D eigenvalue weighted by Crippen LogP contribution is -2.23. The number of rotatable bonds is 4. The van der Waals surface area contributed by atoms with E-state index < -0.39 is 0 Å². The van der Waals surface area contributed by atoms with E-state index in [1.54, 1.807) is 17.2 Å². The van der Waals surface area contributed by atoms with E-state index >= 15 is 0 Å². The monoisotopic (exact) mass is 373 g/mol. The van der Waals surface area contributed by atoms with Gasteiger partial charge in [-0.15, -0.1) is 0 Å². The summed E-state index contributed by atoms with van der Waals surface area (Å²) in [5.41, 5.74) is 3.23. The fraction of sp³-hybridized carbons (Fsp3) is 0.238. The largest absolute Gasteiger partial charge is 0.467 e. The fourth-order valence-corrected chi connectivity index (χ4v) is 3.54. The Morgan fingerprint density at radius 3 is 2.57 bits per heavy atom. The first kappa shape index (κ1) is 16.7. The van der Waals surface area contributed by atoms with Crippen molar-refractivity contribution in [3.05, 3.63) is 65.1 Å². The zero-order valence-corrected chi connectivity index (χ0v) is 15.7. The number of hydrogen-bond acceptors (Lipinski definition) is 5. The van der Waals surface area contributed by atoms with Gasteiger partial charge in [0.1, 0.15) is 23.0 Å². The zero-order valence-electron chi connectivity index (χ0n) is 15.7. The minimum absolute atomic E-state index is 0.0567. The quantitative estimate of drug-likeness (QED) is 0.477. The molecule has 0 N–H and O–H groups in total. The molecular formula is C21H19N5O2. The van der Waals surface area contributed by atoms with Gasteiger partial charge in [-0.2, -0.15) is 0 Å². The summed E-state index contributed by atoms with van der Waals surface area (Å²) in [6.45, 7) is 4.49. The molecular weight excluding hydrogens is 354 g/mol. The van der Waals surface area contributed by atoms with Crippen LogP contribution in [-0.2, 0) is 6.54 Å². The lowest BCUT2D eigenvalue weighted by atomic mass is 10.2. The van der Waals surface area contributed by atoms with E-state index in [-0.39, 0.29) is 11.6 Å². The maximum Gasteiger partial charge on any atom is 0.265 e. The van der Waals surface area contributed by atoms with Gasteiger partial charge in [-0.05, 0) is 37.6 Å². The van der Waals surface area contributed by atoms with E-state index in [0.717, 1.165) is 23.2 Å². The number of hydrogen-bond donors (Lipinski definition) is 0. The molecule has 0 bridgehead atoms. The molecule has 0 fully saturated rings. The zero-order chi connectivity index (χ0) is 19.3. The molecule has 4 aromatic heterocycles. The number of para-hydroxylation sites is 2. The second-order valence-corrected chi connectivity index (χ2v) is 6.96. The SMILES string of the molecule is CC[C@H](C)n1cnc2c(c1=O)c1nc3ccccc3nc1n2Cc1ccco1. The lowest BCUT2D eigenvalue weighted by molar-refractivity contribution is 0.496. The van der Waals surface area contributed by atoms with Crippen LogP contribution >= 0.6 is 0 Å². The molecule has 5 aromatic rings. The summed E-state index contributed by atoms with van der Waals surface area (Å²) in [6.07, 6.45) is 4.09. The second-order valence-electron chi connectivity index (χ2n) is 6.96. The Morgan fingerprint density at radius 1 is 1.07 bits per heavy atom. The highest BCUT2D eigenvalue weighted by molar-refractivity contribution is 6.04. The molecule has 0 amide bonds. The maximum atomic E-state index is 13.3. The lowest BCUT2D eigenvalue weighted by Gasteiger charge is -2.12. The van der Waals surface area contributed by atoms with Crippen LogP contribution in [0.2, 0.25) is 0 Å². The summed E-state index contributed by atoms with van der Waals surface area (Å²) >= 11 is 0. The van der Waals surface area contributed by atoms with Crippen LogP contribution in [0.5, 0.6) is 0 Å². The fourth-order valence-electron chi connectivity index (χ4n) is 3.54. The Balaban J connectivity index is 1.91. The third kappa shape index (κ3) is 2.43. The van der Waals surface area contributed by atoms with Crippen molar-refractivity contribution in [1.82, 2.24) is 24.1 Å². The molecule has 0 saturated carbocycles. The van der Waals surface area contributed by atoms with E-state index in [1.165, 1.54) is 0 Å². The van der Waals surface area contributed by atoms with Crippen molar-refractivity contribution in [2.45, 2.75) is 32.9 Å². The van der Waals surface area contributed by atoms with Crippen molar-refractivity contribution in [1.29, 1.82) is 0 Å². The predicted molar refractivity (Wildman–Crippen MR) is 107 cm³/mol. The average Bonchev–Trinajstić information content (AvgIpc) is 3.33. The van der Waals surface area contributed by atoms with E-state index in [9.17, 15) is 4.79 Å². The second kappa shape index (κ2) is 6.30. The molecule has 5 rings (SSSR count). The molecule has 140 valence electrons. The number of benzene rings is 1. The molecule has 0 spiro atoms. The van der Waals surface area contributed by atoms with Crippen molar-refractivity contribution in [2.24, 2.45) is 0 Å². The molecule has 7 heteroatoms. The van der Waals surface area contributed by atoms with Crippen molar-refractivity contribution in [2.75, 3.05) is 0 Å². The number of furan rings is 1. The Labute approximate surface area is 160 Å². The summed E-state index contributed by atoms with van der Waals surface area (Å²) in [5, 5.41) is 0.502. The van der Waals surface area contributed by atoms with Crippen molar-refractivity contribution < 1.29 is 4.42 Å². The van der Waals surface area contributed by atoms with Crippen LogP contribution in [0, 0.1) is 0 Å². The molecule has 7 nitrogen and oxygen atoms in total. The molecule has 0 unspecified atom stereocenters. The molecule has 1 atom stereocenters. The van der Waals surface area contributed by atoms with Gasteiger partial charge >= 0.3 is 0 Å². The summed E-state index contributed by atoms with van der Waals surface area (Å²) in [6, 6.07) is 11.5. The first-order chi connectivity index (χ1) is 13.7. The first-order valence-corrected chi connectivity index (χ1v) is 9.35. The van der Waals surface area contributed by atoms with Gasteiger partial charge in [-0.1, -0.05) is 19.1 Å². The highest BCUT2D eigenvalue weighted by Gasteiger charge is 2.21. The number of nitrogens with zero attached hydrogens (tertiary/aromatic N) is 5. The standard InChI is InChI=1S/C21H19N5O2/c1-3-13(2)26-12-22-19-17(21(26)27)18-20(25(19)11-14-7-6-10-28-14)24-16-9-5-4-8-15(16)23-18/h4-10,12-13H,3,11H2,1-2H3/t13-/m0/s1. The average molecular weight is 373 g/mol. The van der Waals surface area contributed by atoms with Crippen LogP contribution in [0.3, 0.4) is 0 Å². The van der Waals surface area contributed by atoms with Crippen LogP contribution in [0.4, 0.5) is 0 Å². The van der Waals surface area contributed by atoms with Gasteiger partial charge in [0.2, 0.25) is 0 Å². The summed E-state index contributed by atoms with van der Waals surface area (Å²) in [7, 11) is 0. The Kier molecular flexibility index (Phi) is 3.75. The smallest absolute Gasteiger partial charge is 0.265 e. The minimum atomic E-state index is -0.0906. The third-order valence-electron chi connectivity index (χ3n) is 5.24. The third-order valence-corrected chi connectivity index (χ3v) is 5.24. The molecule has 0 saturated heterocycles. The van der Waals surface area contributed by atoms with Crippen molar-refractivity contribution >= 4 is 33.2 Å². The predicted octanol–water partition coefficient (Wildman–Crippen LogP) is 3.91. The van der Waals surface area contributed by atoms with Crippen LogP contribution in [0.1, 0.15) is 32.1 Å². The van der Waals surface area contributed by atoms with E-state index in [0.29, 0.717) is 28.7 Å². The van der Waals surface area contributed by atoms with Crippen molar-refractivity contribution in [3.8, 4) is 0 Å². The number of aromatic nitrogens is 5. The van der Waals surface area contributed by atoms with Gasteiger partial charge in [0, 0.05) is 6.04 Å². The summed E-state index contributed by atoms with van der Waals surface area (Å²) in [5.74, 6) is 0.765. The van der Waals surface area contributed by atoms with Gasteiger partial charge < -0.3 is 8.98 Å². The highest BCUT2D eigenvalue weighted by Crippen LogP contribution is 2.26. The van der Waals surface area contributed by atoms with Gasteiger partial charge in [-0.3, -0.25) is 9.36 Å². The molecule has 0 radical (unpaired) electrons. The van der Waals surface area contributed by atoms with Crippen LogP contribution in [-0.4, -0.2) is 24.1 Å². The maximum absolute atomic E-state index is 13.3. The normalized spacial score (nSPS) is 12.9. The first-order valence-electron chi connectivity index (χ1n) is 9.35. The van der Waals surface area contributed by atoms with Crippen LogP contribution in [0.25, 0.3) is 33.2 Å². The van der Waals surface area contributed by atoms with E-state index in [2.05, 4.69) is 11.9 Å². The van der Waals surface area contributed by atoms with Crippen molar-refractivity contribution in [3.63, 3.8) is 0 Å². The minimum Gasteiger partial charge on any atom is -0.467 e. The van der Waals surface area contributed by atoms with Gasteiger partial charge in [0.25, 0.3) is 5.56 Å². The van der Waals surface area contributed by atoms with Gasteiger partial charge in [0.05, 0.1) is 23.8 Å². The van der Waals surface area contributed by atoms with Crippen LogP contribution in [0.15, 0.2) is 58.2 Å². The van der Waals surface area contributed by atoms with E-state index in [4.69, 9.17) is 14.4 Å². The Morgan fingerprint density at radius 2 is 1.86 bits per heavy atom. The number of fused-ring (bicyclic) bond motifs is 4. The molecule has 4 heterocycles. The van der Waals surface area contributed by atoms with Crippen LogP contribution < -0.4 is 5.56 Å². The summed E-state index contributed by atoms with van der Waals surface area (Å²) < 4.78 is 9.11. The Bertz CT molecular complexity index is 1360. The molecule has 1 aromatic carbocycles. The molecule has 0 aliphatic rings. The highest BCUT2D eigenvalue weighted by atomic mass is 16.3. The summed E-state index contributed by atoms with van der Waals surface area (Å²) in [4.78, 5) is 27.5. The van der Waals surface area contributed by atoms with E-state index in [1.807, 2.05) is 47.9 Å². The molecule has 28 heavy (non-hydrogen) atoms. The van der Waals surface area contributed by atoms with Gasteiger partial charge in [-0.25, -0.2) is 15.0 Å².